The first-order valence-corrected chi connectivity index (χ1v) is 6.54. The smallest absolute Gasteiger partial charge is 0.320 e. The zero-order chi connectivity index (χ0) is 13.5. The summed E-state index contributed by atoms with van der Waals surface area (Å²) in [5.74, 6) is -2.07. The molecule has 0 atom stereocenters. The summed E-state index contributed by atoms with van der Waals surface area (Å²) in [6, 6.07) is 7.65. The Kier molecular flexibility index (Phi) is 5.85. The lowest BCUT2D eigenvalue weighted by Crippen LogP contribution is -2.28. The number of carbonyl (C=O) groups is 2. The molecule has 0 radical (unpaired) electrons. The van der Waals surface area contributed by atoms with Gasteiger partial charge in [0.15, 0.2) is 5.92 Å². The van der Waals surface area contributed by atoms with Crippen molar-refractivity contribution in [3.05, 3.63) is 35.4 Å². The molecule has 0 N–H and O–H groups in total. The number of hydrogen-bond donors (Lipinski definition) is 0. The molecule has 0 saturated carbocycles. The molecule has 0 aliphatic carbocycles. The summed E-state index contributed by atoms with van der Waals surface area (Å²) in [5, 5.41) is 0.724. The van der Waals surface area contributed by atoms with Crippen molar-refractivity contribution in [3.8, 4) is 0 Å². The number of ether oxygens (including phenoxy) is 2. The third-order valence-corrected chi connectivity index (χ3v) is 3.20. The summed E-state index contributed by atoms with van der Waals surface area (Å²) in [5.41, 5.74) is 1.98. The Morgan fingerprint density at radius 2 is 1.72 bits per heavy atom. The number of carbonyl (C=O) groups excluding carboxylic acids is 2. The summed E-state index contributed by atoms with van der Waals surface area (Å²) in [4.78, 5) is 23.1. The van der Waals surface area contributed by atoms with E-state index in [0.717, 1.165) is 16.5 Å². The molecular formula is C13H15BrO4. The minimum absolute atomic E-state index is 0.278. The molecule has 0 saturated heterocycles. The van der Waals surface area contributed by atoms with Gasteiger partial charge in [0.25, 0.3) is 0 Å². The van der Waals surface area contributed by atoms with E-state index in [-0.39, 0.29) is 6.42 Å². The molecule has 0 amide bonds. The Bertz CT molecular complexity index is 415. The maximum atomic E-state index is 11.5. The molecule has 0 aliphatic heterocycles. The summed E-state index contributed by atoms with van der Waals surface area (Å²) in [6.45, 7) is 0. The van der Waals surface area contributed by atoms with Gasteiger partial charge in [-0.2, -0.15) is 0 Å². The molecule has 0 fully saturated rings. The second kappa shape index (κ2) is 7.16. The number of hydrogen-bond acceptors (Lipinski definition) is 4. The molecular weight excluding hydrogens is 300 g/mol. The van der Waals surface area contributed by atoms with Crippen molar-refractivity contribution in [2.24, 2.45) is 5.92 Å². The van der Waals surface area contributed by atoms with Crippen molar-refractivity contribution in [2.45, 2.75) is 11.8 Å². The normalized spacial score (nSPS) is 10.2. The van der Waals surface area contributed by atoms with E-state index in [9.17, 15) is 9.59 Å². The molecule has 0 heterocycles. The molecule has 4 nitrogen and oxygen atoms in total. The van der Waals surface area contributed by atoms with E-state index in [2.05, 4.69) is 25.4 Å². The van der Waals surface area contributed by atoms with Crippen LogP contribution in [-0.2, 0) is 30.8 Å². The van der Waals surface area contributed by atoms with Crippen LogP contribution in [0, 0.1) is 5.92 Å². The summed E-state index contributed by atoms with van der Waals surface area (Å²) in [7, 11) is 2.51. The topological polar surface area (TPSA) is 52.6 Å². The summed E-state index contributed by atoms with van der Waals surface area (Å²) in [6.07, 6.45) is 0.278. The highest BCUT2D eigenvalue weighted by Gasteiger charge is 2.28. The van der Waals surface area contributed by atoms with Crippen LogP contribution in [0.1, 0.15) is 11.1 Å². The highest BCUT2D eigenvalue weighted by Crippen LogP contribution is 2.15. The van der Waals surface area contributed by atoms with E-state index in [4.69, 9.17) is 0 Å². The van der Waals surface area contributed by atoms with Gasteiger partial charge in [0.2, 0.25) is 0 Å². The van der Waals surface area contributed by atoms with Crippen molar-refractivity contribution in [1.82, 2.24) is 0 Å². The van der Waals surface area contributed by atoms with Crippen LogP contribution >= 0.6 is 15.9 Å². The largest absolute Gasteiger partial charge is 0.468 e. The third-order valence-electron chi connectivity index (χ3n) is 2.56. The fraction of sp³-hybridized carbons (Fsp3) is 0.385. The Morgan fingerprint density at radius 3 is 2.22 bits per heavy atom. The van der Waals surface area contributed by atoms with Crippen molar-refractivity contribution in [1.29, 1.82) is 0 Å². The van der Waals surface area contributed by atoms with E-state index in [0.29, 0.717) is 0 Å². The predicted octanol–water partition coefficient (Wildman–Crippen LogP) is 2.09. The standard InChI is InChI=1S/C13H15BrO4/c1-17-12(15)11(13(16)18-2)7-9-4-3-5-10(6-9)8-14/h3-6,11H,7-8H2,1-2H3. The first kappa shape index (κ1) is 14.7. The van der Waals surface area contributed by atoms with Gasteiger partial charge >= 0.3 is 11.9 Å². The maximum Gasteiger partial charge on any atom is 0.320 e. The van der Waals surface area contributed by atoms with Crippen LogP contribution in [0.2, 0.25) is 0 Å². The highest BCUT2D eigenvalue weighted by atomic mass is 79.9. The van der Waals surface area contributed by atoms with Crippen molar-refractivity contribution in [3.63, 3.8) is 0 Å². The van der Waals surface area contributed by atoms with Gasteiger partial charge in [-0.3, -0.25) is 9.59 Å². The van der Waals surface area contributed by atoms with E-state index >= 15 is 0 Å². The Balaban J connectivity index is 2.88. The van der Waals surface area contributed by atoms with Crippen LogP contribution < -0.4 is 0 Å². The van der Waals surface area contributed by atoms with Gasteiger partial charge in [-0.1, -0.05) is 40.2 Å². The number of methoxy groups -OCH3 is 2. The van der Waals surface area contributed by atoms with Crippen molar-refractivity contribution in [2.75, 3.05) is 14.2 Å². The van der Waals surface area contributed by atoms with Crippen LogP contribution in [0.25, 0.3) is 0 Å². The molecule has 0 aromatic heterocycles. The summed E-state index contributed by atoms with van der Waals surface area (Å²) >= 11 is 3.36. The van der Waals surface area contributed by atoms with E-state index < -0.39 is 17.9 Å². The van der Waals surface area contributed by atoms with E-state index in [1.54, 1.807) is 0 Å². The van der Waals surface area contributed by atoms with E-state index in [1.807, 2.05) is 24.3 Å². The lowest BCUT2D eigenvalue weighted by atomic mass is 9.98. The van der Waals surface area contributed by atoms with Gasteiger partial charge in [-0.05, 0) is 17.5 Å². The van der Waals surface area contributed by atoms with Gasteiger partial charge in [0.1, 0.15) is 0 Å². The zero-order valence-electron chi connectivity index (χ0n) is 10.3. The summed E-state index contributed by atoms with van der Waals surface area (Å²) < 4.78 is 9.23. The van der Waals surface area contributed by atoms with Crippen molar-refractivity contribution < 1.29 is 19.1 Å². The highest BCUT2D eigenvalue weighted by molar-refractivity contribution is 9.08. The minimum Gasteiger partial charge on any atom is -0.468 e. The molecule has 1 rings (SSSR count). The lowest BCUT2D eigenvalue weighted by Gasteiger charge is -2.12. The molecule has 0 unspecified atom stereocenters. The first-order chi connectivity index (χ1) is 8.62. The quantitative estimate of drug-likeness (QED) is 0.474. The monoisotopic (exact) mass is 314 g/mol. The Labute approximate surface area is 114 Å². The van der Waals surface area contributed by atoms with Gasteiger partial charge in [0, 0.05) is 5.33 Å². The van der Waals surface area contributed by atoms with E-state index in [1.165, 1.54) is 14.2 Å². The number of benzene rings is 1. The molecule has 1 aromatic rings. The maximum absolute atomic E-state index is 11.5. The van der Waals surface area contributed by atoms with Gasteiger partial charge in [-0.25, -0.2) is 0 Å². The second-order valence-electron chi connectivity index (χ2n) is 3.76. The molecule has 5 heteroatoms. The van der Waals surface area contributed by atoms with Crippen LogP contribution in [0.5, 0.6) is 0 Å². The predicted molar refractivity (Wildman–Crippen MR) is 70.3 cm³/mol. The van der Waals surface area contributed by atoms with Crippen LogP contribution in [-0.4, -0.2) is 26.2 Å². The van der Waals surface area contributed by atoms with Crippen LogP contribution in [0.4, 0.5) is 0 Å². The Hall–Kier alpha value is -1.36. The molecule has 1 aromatic carbocycles. The van der Waals surface area contributed by atoms with Crippen molar-refractivity contribution >= 4 is 27.9 Å². The molecule has 18 heavy (non-hydrogen) atoms. The number of rotatable bonds is 5. The molecule has 98 valence electrons. The molecule has 0 spiro atoms. The average Bonchev–Trinajstić information content (AvgIpc) is 2.43. The first-order valence-electron chi connectivity index (χ1n) is 5.41. The van der Waals surface area contributed by atoms with Crippen LogP contribution in [0.15, 0.2) is 24.3 Å². The Morgan fingerprint density at radius 1 is 1.17 bits per heavy atom. The second-order valence-corrected chi connectivity index (χ2v) is 4.32. The number of alkyl halides is 1. The number of esters is 2. The molecule has 0 aliphatic rings. The zero-order valence-corrected chi connectivity index (χ0v) is 11.9. The fourth-order valence-corrected chi connectivity index (χ4v) is 1.97. The van der Waals surface area contributed by atoms with Gasteiger partial charge < -0.3 is 9.47 Å². The van der Waals surface area contributed by atoms with Gasteiger partial charge in [0.05, 0.1) is 14.2 Å². The van der Waals surface area contributed by atoms with Crippen LogP contribution in [0.3, 0.4) is 0 Å². The average molecular weight is 315 g/mol. The minimum atomic E-state index is -0.912. The SMILES string of the molecule is COC(=O)C(Cc1cccc(CBr)c1)C(=O)OC. The fourth-order valence-electron chi connectivity index (χ4n) is 1.62. The third kappa shape index (κ3) is 3.84. The van der Waals surface area contributed by atoms with Gasteiger partial charge in [-0.15, -0.1) is 0 Å². The molecule has 0 bridgehead atoms. The lowest BCUT2D eigenvalue weighted by molar-refractivity contribution is -0.158. The number of halogens is 1.